The fourth-order valence-electron chi connectivity index (χ4n) is 2.37. The van der Waals surface area contributed by atoms with Gasteiger partial charge in [-0.3, -0.25) is 4.79 Å². The molecule has 2 aliphatic rings. The summed E-state index contributed by atoms with van der Waals surface area (Å²) in [5.41, 5.74) is 5.34. The van der Waals surface area contributed by atoms with Crippen molar-refractivity contribution in [1.29, 1.82) is 0 Å². The first-order chi connectivity index (χ1) is 7.52. The highest BCUT2D eigenvalue weighted by molar-refractivity contribution is 6.38. The fourth-order valence-corrected chi connectivity index (χ4v) is 2.37. The second-order valence-corrected chi connectivity index (χ2v) is 4.98. The number of hydrogen-bond acceptors (Lipinski definition) is 4. The van der Waals surface area contributed by atoms with Gasteiger partial charge in [0.25, 0.3) is 5.91 Å². The van der Waals surface area contributed by atoms with Crippen LogP contribution >= 0.6 is 0 Å². The topological polar surface area (TPSA) is 67.9 Å². The number of nitrogens with zero attached hydrogens (tertiary/aromatic N) is 2. The largest absolute Gasteiger partial charge is 0.388 e. The Balaban J connectivity index is 1.93. The van der Waals surface area contributed by atoms with E-state index in [1.54, 1.807) is 0 Å². The predicted octanol–water partition coefficient (Wildman–Crippen LogP) is 0.491. The van der Waals surface area contributed by atoms with Crippen LogP contribution in [0.4, 0.5) is 0 Å². The van der Waals surface area contributed by atoms with E-state index >= 15 is 0 Å². The number of amides is 1. The summed E-state index contributed by atoms with van der Waals surface area (Å²) >= 11 is 0. The number of likely N-dealkylation sites (tertiary alicyclic amines) is 1. The summed E-state index contributed by atoms with van der Waals surface area (Å²) in [5.74, 6) is -0.455. The third-order valence-corrected chi connectivity index (χ3v) is 3.56. The minimum absolute atomic E-state index is 0.254. The normalized spacial score (nSPS) is 24.6. The van der Waals surface area contributed by atoms with Crippen molar-refractivity contribution in [3.63, 3.8) is 0 Å². The Hall–Kier alpha value is -1.10. The van der Waals surface area contributed by atoms with E-state index in [1.165, 1.54) is 0 Å². The van der Waals surface area contributed by atoms with E-state index in [0.717, 1.165) is 25.9 Å². The molecule has 2 heterocycles. The molecule has 2 aliphatic heterocycles. The summed E-state index contributed by atoms with van der Waals surface area (Å²) in [7, 11) is 0. The molecule has 1 saturated heterocycles. The van der Waals surface area contributed by atoms with Gasteiger partial charge in [-0.15, -0.1) is 0 Å². The molecule has 0 aromatic carbocycles. The molecule has 1 spiro atoms. The Morgan fingerprint density at radius 3 is 2.56 bits per heavy atom. The third kappa shape index (κ3) is 2.04. The molecule has 0 aromatic rings. The predicted molar refractivity (Wildman–Crippen MR) is 61.0 cm³/mol. The van der Waals surface area contributed by atoms with Crippen LogP contribution in [0.2, 0.25) is 0 Å². The smallest absolute Gasteiger partial charge is 0.266 e. The maximum absolute atomic E-state index is 11.0. The monoisotopic (exact) mass is 225 g/mol. The quantitative estimate of drug-likeness (QED) is 0.743. The second kappa shape index (κ2) is 4.05. The molecule has 0 unspecified atom stereocenters. The molecule has 2 rings (SSSR count). The Labute approximate surface area is 95.6 Å². The first-order valence-corrected chi connectivity index (χ1v) is 5.81. The van der Waals surface area contributed by atoms with E-state index in [4.69, 9.17) is 10.6 Å². The molecule has 0 aliphatic carbocycles. The summed E-state index contributed by atoms with van der Waals surface area (Å²) in [5, 5.41) is 3.81. The van der Waals surface area contributed by atoms with Gasteiger partial charge in [-0.1, -0.05) is 5.16 Å². The molecule has 0 radical (unpaired) electrons. The molecular formula is C11H19N3O2. The third-order valence-electron chi connectivity index (χ3n) is 3.56. The first kappa shape index (κ1) is 11.4. The van der Waals surface area contributed by atoms with Gasteiger partial charge in [-0.05, 0) is 13.8 Å². The summed E-state index contributed by atoms with van der Waals surface area (Å²) in [4.78, 5) is 18.9. The highest BCUT2D eigenvalue weighted by Gasteiger charge is 2.43. The van der Waals surface area contributed by atoms with Crippen molar-refractivity contribution < 1.29 is 9.63 Å². The van der Waals surface area contributed by atoms with Gasteiger partial charge in [0.05, 0.1) is 0 Å². The van der Waals surface area contributed by atoms with Crippen LogP contribution in [0.3, 0.4) is 0 Å². The SMILES string of the molecule is CC(C)N1CCC2(CC1)CC(C(N)=O)=NO2. The highest BCUT2D eigenvalue weighted by atomic mass is 16.7. The standard InChI is InChI=1S/C11H19N3O2/c1-8(2)14-5-3-11(4-6-14)7-9(10(12)15)13-16-11/h8H,3-7H2,1-2H3,(H2,12,15). The molecule has 5 heteroatoms. The number of primary amides is 1. The average Bonchev–Trinajstić information content (AvgIpc) is 2.63. The molecule has 5 nitrogen and oxygen atoms in total. The molecule has 1 amide bonds. The van der Waals surface area contributed by atoms with Crippen molar-refractivity contribution in [2.75, 3.05) is 13.1 Å². The highest BCUT2D eigenvalue weighted by Crippen LogP contribution is 2.34. The number of hydrogen-bond donors (Lipinski definition) is 1. The van der Waals surface area contributed by atoms with Gasteiger partial charge < -0.3 is 15.5 Å². The van der Waals surface area contributed by atoms with Crippen molar-refractivity contribution in [3.05, 3.63) is 0 Å². The van der Waals surface area contributed by atoms with Crippen molar-refractivity contribution in [2.24, 2.45) is 10.9 Å². The summed E-state index contributed by atoms with van der Waals surface area (Å²) in [6, 6.07) is 0.565. The van der Waals surface area contributed by atoms with Crippen LogP contribution in [0.25, 0.3) is 0 Å². The number of nitrogens with two attached hydrogens (primary N) is 1. The van der Waals surface area contributed by atoms with Gasteiger partial charge in [-0.25, -0.2) is 0 Å². The number of oxime groups is 1. The zero-order valence-electron chi connectivity index (χ0n) is 9.90. The Bertz CT molecular complexity index is 317. The molecule has 2 N–H and O–H groups in total. The van der Waals surface area contributed by atoms with E-state index in [9.17, 15) is 4.79 Å². The van der Waals surface area contributed by atoms with Crippen LogP contribution in [0.5, 0.6) is 0 Å². The minimum atomic E-state index is -0.455. The van der Waals surface area contributed by atoms with Crippen LogP contribution < -0.4 is 5.73 Å². The van der Waals surface area contributed by atoms with Crippen molar-refractivity contribution >= 4 is 11.6 Å². The lowest BCUT2D eigenvalue weighted by Gasteiger charge is -2.39. The van der Waals surface area contributed by atoms with Gasteiger partial charge in [0, 0.05) is 38.4 Å². The number of piperidine rings is 1. The summed E-state index contributed by atoms with van der Waals surface area (Å²) < 4.78 is 0. The number of carbonyl (C=O) groups is 1. The Kier molecular flexibility index (Phi) is 2.88. The van der Waals surface area contributed by atoms with Crippen LogP contribution in [0.1, 0.15) is 33.1 Å². The lowest BCUT2D eigenvalue weighted by Crippen LogP contribution is -2.47. The van der Waals surface area contributed by atoms with Crippen molar-refractivity contribution in [2.45, 2.75) is 44.8 Å². The fraction of sp³-hybridized carbons (Fsp3) is 0.818. The molecule has 1 fully saturated rings. The van der Waals surface area contributed by atoms with Gasteiger partial charge in [-0.2, -0.15) is 0 Å². The van der Waals surface area contributed by atoms with Crippen molar-refractivity contribution in [1.82, 2.24) is 4.90 Å². The lowest BCUT2D eigenvalue weighted by atomic mass is 9.86. The Morgan fingerprint density at radius 1 is 1.50 bits per heavy atom. The molecule has 16 heavy (non-hydrogen) atoms. The number of carbonyl (C=O) groups excluding carboxylic acids is 1. The average molecular weight is 225 g/mol. The van der Waals surface area contributed by atoms with Crippen LogP contribution in [0, 0.1) is 0 Å². The molecule has 0 aromatic heterocycles. The van der Waals surface area contributed by atoms with E-state index in [1.807, 2.05) is 0 Å². The van der Waals surface area contributed by atoms with Gasteiger partial charge in [0.15, 0.2) is 0 Å². The minimum Gasteiger partial charge on any atom is -0.388 e. The van der Waals surface area contributed by atoms with Gasteiger partial charge >= 0.3 is 0 Å². The summed E-state index contributed by atoms with van der Waals surface area (Å²) in [6.07, 6.45) is 2.42. The maximum atomic E-state index is 11.0. The van der Waals surface area contributed by atoms with E-state index in [2.05, 4.69) is 23.9 Å². The van der Waals surface area contributed by atoms with Crippen molar-refractivity contribution in [3.8, 4) is 0 Å². The zero-order valence-corrected chi connectivity index (χ0v) is 9.90. The van der Waals surface area contributed by atoms with E-state index in [-0.39, 0.29) is 5.60 Å². The lowest BCUT2D eigenvalue weighted by molar-refractivity contribution is -0.112. The second-order valence-electron chi connectivity index (χ2n) is 4.98. The summed E-state index contributed by atoms with van der Waals surface area (Å²) in [6.45, 7) is 6.39. The van der Waals surface area contributed by atoms with Gasteiger partial charge in [0.1, 0.15) is 11.3 Å². The van der Waals surface area contributed by atoms with E-state index < -0.39 is 5.91 Å². The Morgan fingerprint density at radius 2 is 2.12 bits per heavy atom. The zero-order chi connectivity index (χ0) is 11.8. The van der Waals surface area contributed by atoms with Crippen LogP contribution in [0.15, 0.2) is 5.16 Å². The van der Waals surface area contributed by atoms with Crippen LogP contribution in [-0.2, 0) is 9.63 Å². The number of rotatable bonds is 2. The molecule has 0 saturated carbocycles. The van der Waals surface area contributed by atoms with E-state index in [0.29, 0.717) is 18.2 Å². The molecule has 0 bridgehead atoms. The molecular weight excluding hydrogens is 206 g/mol. The maximum Gasteiger partial charge on any atom is 0.266 e. The molecule has 90 valence electrons. The van der Waals surface area contributed by atoms with Gasteiger partial charge in [0.2, 0.25) is 0 Å². The molecule has 0 atom stereocenters. The van der Waals surface area contributed by atoms with Crippen LogP contribution in [-0.4, -0.2) is 41.3 Å². The first-order valence-electron chi connectivity index (χ1n) is 5.81.